The molecule has 10 nitrogen and oxygen atoms in total. The number of piperidine rings is 1. The van der Waals surface area contributed by atoms with Gasteiger partial charge in [0.25, 0.3) is 0 Å². The van der Waals surface area contributed by atoms with Crippen LogP contribution in [0.15, 0.2) is 17.0 Å². The van der Waals surface area contributed by atoms with Gasteiger partial charge in [-0.2, -0.15) is 4.31 Å². The molecule has 1 atom stereocenters. The third kappa shape index (κ3) is 6.37. The molecule has 2 aliphatic rings. The molecule has 0 bridgehead atoms. The zero-order valence-electron chi connectivity index (χ0n) is 22.1. The molecule has 2 heterocycles. The van der Waals surface area contributed by atoms with Crippen molar-refractivity contribution in [3.8, 4) is 5.75 Å². The third-order valence-electron chi connectivity index (χ3n) is 7.17. The van der Waals surface area contributed by atoms with Crippen LogP contribution in [0.25, 0.3) is 0 Å². The van der Waals surface area contributed by atoms with Gasteiger partial charge in [0.15, 0.2) is 0 Å². The Hall–Kier alpha value is -2.21. The number of hydrogen-bond acceptors (Lipinski definition) is 7. The number of benzene rings is 1. The Labute approximate surface area is 214 Å². The molecule has 0 aromatic heterocycles. The normalized spacial score (nSPS) is 18.7. The van der Waals surface area contributed by atoms with Gasteiger partial charge in [-0.1, -0.05) is 6.92 Å². The van der Waals surface area contributed by atoms with Crippen molar-refractivity contribution < 1.29 is 27.5 Å². The zero-order chi connectivity index (χ0) is 26.5. The average Bonchev–Trinajstić information content (AvgIpc) is 2.83. The van der Waals surface area contributed by atoms with Gasteiger partial charge >= 0.3 is 0 Å². The molecule has 2 fully saturated rings. The average molecular weight is 525 g/mol. The van der Waals surface area contributed by atoms with E-state index >= 15 is 0 Å². The van der Waals surface area contributed by atoms with E-state index in [1.807, 2.05) is 11.8 Å². The van der Waals surface area contributed by atoms with Crippen LogP contribution in [0.5, 0.6) is 5.75 Å². The summed E-state index contributed by atoms with van der Waals surface area (Å²) in [4.78, 5) is 29.1. The maximum absolute atomic E-state index is 13.3. The van der Waals surface area contributed by atoms with E-state index in [-0.39, 0.29) is 48.4 Å². The van der Waals surface area contributed by atoms with Gasteiger partial charge in [0.2, 0.25) is 21.8 Å². The second-order valence-corrected chi connectivity index (χ2v) is 11.6. The molecule has 0 spiro atoms. The second kappa shape index (κ2) is 12.4. The lowest BCUT2D eigenvalue weighted by Crippen LogP contribution is -2.57. The van der Waals surface area contributed by atoms with Gasteiger partial charge in [-0.25, -0.2) is 8.42 Å². The summed E-state index contributed by atoms with van der Waals surface area (Å²) >= 11 is 0. The number of amides is 2. The molecule has 3 rings (SSSR count). The van der Waals surface area contributed by atoms with E-state index in [0.29, 0.717) is 29.8 Å². The van der Waals surface area contributed by atoms with E-state index in [2.05, 4.69) is 5.32 Å². The number of carbonyl (C=O) groups excluding carboxylic acids is 2. The summed E-state index contributed by atoms with van der Waals surface area (Å²) in [7, 11) is 1.08. The summed E-state index contributed by atoms with van der Waals surface area (Å²) in [6.45, 7) is 6.47. The summed E-state index contributed by atoms with van der Waals surface area (Å²) in [5, 5.41) is 3.13. The molecule has 2 aliphatic heterocycles. The van der Waals surface area contributed by atoms with Crippen molar-refractivity contribution in [3.63, 3.8) is 0 Å². The van der Waals surface area contributed by atoms with Crippen LogP contribution in [0.2, 0.25) is 0 Å². The molecule has 36 heavy (non-hydrogen) atoms. The fourth-order valence-electron chi connectivity index (χ4n) is 4.69. The molecule has 1 N–H and O–H groups in total. The quantitative estimate of drug-likeness (QED) is 0.428. The molecular formula is C25H40N4O6S. The number of likely N-dealkylation sites (N-methyl/N-ethyl adjacent to an activating group) is 2. The highest BCUT2D eigenvalue weighted by atomic mass is 32.2. The van der Waals surface area contributed by atoms with Crippen LogP contribution in [0.4, 0.5) is 0 Å². The van der Waals surface area contributed by atoms with Crippen molar-refractivity contribution in [2.45, 2.75) is 44.0 Å². The van der Waals surface area contributed by atoms with Gasteiger partial charge in [0.1, 0.15) is 12.4 Å². The van der Waals surface area contributed by atoms with Gasteiger partial charge in [0.05, 0.1) is 24.5 Å². The van der Waals surface area contributed by atoms with Crippen LogP contribution in [-0.4, -0.2) is 108 Å². The molecule has 1 aromatic carbocycles. The number of carbonyl (C=O) groups is 2. The molecule has 2 amide bonds. The summed E-state index contributed by atoms with van der Waals surface area (Å²) in [6, 6.07) is 3.43. The summed E-state index contributed by atoms with van der Waals surface area (Å²) < 4.78 is 38.6. The lowest BCUT2D eigenvalue weighted by Gasteiger charge is -2.40. The Kier molecular flexibility index (Phi) is 9.73. The number of nitrogens with one attached hydrogen (secondary N) is 1. The van der Waals surface area contributed by atoms with Gasteiger partial charge < -0.3 is 24.6 Å². The molecular weight excluding hydrogens is 484 g/mol. The summed E-state index contributed by atoms with van der Waals surface area (Å²) in [5.41, 5.74) is 1.33. The Morgan fingerprint density at radius 1 is 1.22 bits per heavy atom. The lowest BCUT2D eigenvalue weighted by molar-refractivity contribution is -0.144. The minimum Gasteiger partial charge on any atom is -0.497 e. The van der Waals surface area contributed by atoms with E-state index in [9.17, 15) is 18.0 Å². The number of methoxy groups -OCH3 is 1. The van der Waals surface area contributed by atoms with Crippen molar-refractivity contribution in [1.82, 2.24) is 19.4 Å². The fourth-order valence-corrected chi connectivity index (χ4v) is 6.31. The van der Waals surface area contributed by atoms with Crippen molar-refractivity contribution in [2.75, 3.05) is 67.1 Å². The van der Waals surface area contributed by atoms with Crippen molar-refractivity contribution in [3.05, 3.63) is 23.3 Å². The highest BCUT2D eigenvalue weighted by Crippen LogP contribution is 2.28. The summed E-state index contributed by atoms with van der Waals surface area (Å²) in [5.74, 6) is 0.668. The van der Waals surface area contributed by atoms with Crippen molar-refractivity contribution in [2.24, 2.45) is 5.92 Å². The second-order valence-electron chi connectivity index (χ2n) is 9.61. The van der Waals surface area contributed by atoms with Gasteiger partial charge in [-0.3, -0.25) is 9.59 Å². The van der Waals surface area contributed by atoms with E-state index in [1.165, 1.54) is 11.4 Å². The standard InChI is InChI=1S/C25H40N4O6S/c1-6-19-13-22(34-5)12-18(2)24(19)36(32,33)27(3)10-11-35-17-23(30)28(4)21-8-7-9-29(16-21)25(31)20-14-26-15-20/h12-13,20-21,26H,6-11,14-17H2,1-5H3. The molecule has 2 saturated heterocycles. The van der Waals surface area contributed by atoms with E-state index in [1.54, 1.807) is 38.1 Å². The monoisotopic (exact) mass is 524 g/mol. The minimum absolute atomic E-state index is 0.0413. The predicted octanol–water partition coefficient (Wildman–Crippen LogP) is 0.872. The van der Waals surface area contributed by atoms with Gasteiger partial charge in [0, 0.05) is 52.9 Å². The van der Waals surface area contributed by atoms with Crippen LogP contribution in [-0.2, 0) is 30.8 Å². The maximum Gasteiger partial charge on any atom is 0.248 e. The van der Waals surface area contributed by atoms with E-state index in [0.717, 1.165) is 32.5 Å². The van der Waals surface area contributed by atoms with Crippen LogP contribution in [0.3, 0.4) is 0 Å². The zero-order valence-corrected chi connectivity index (χ0v) is 22.9. The van der Waals surface area contributed by atoms with Crippen molar-refractivity contribution >= 4 is 21.8 Å². The Balaban J connectivity index is 1.49. The summed E-state index contributed by atoms with van der Waals surface area (Å²) in [6.07, 6.45) is 2.26. The Morgan fingerprint density at radius 2 is 1.94 bits per heavy atom. The number of sulfonamides is 1. The molecule has 1 aromatic rings. The van der Waals surface area contributed by atoms with Gasteiger partial charge in [-0.15, -0.1) is 0 Å². The first kappa shape index (κ1) is 28.4. The molecule has 0 saturated carbocycles. The number of likely N-dealkylation sites (tertiary alicyclic amines) is 1. The lowest BCUT2D eigenvalue weighted by atomic mass is 9.98. The molecule has 11 heteroatoms. The Bertz CT molecular complexity index is 1040. The molecule has 1 unspecified atom stereocenters. The first-order valence-corrected chi connectivity index (χ1v) is 14.0. The fraction of sp³-hybridized carbons (Fsp3) is 0.680. The highest BCUT2D eigenvalue weighted by molar-refractivity contribution is 7.89. The van der Waals surface area contributed by atoms with E-state index in [4.69, 9.17) is 9.47 Å². The van der Waals surface area contributed by atoms with Crippen LogP contribution < -0.4 is 10.1 Å². The minimum atomic E-state index is -3.73. The number of ether oxygens (including phenoxy) is 2. The number of rotatable bonds is 11. The van der Waals surface area contributed by atoms with Crippen LogP contribution in [0.1, 0.15) is 30.9 Å². The highest BCUT2D eigenvalue weighted by Gasteiger charge is 2.34. The van der Waals surface area contributed by atoms with Crippen molar-refractivity contribution in [1.29, 1.82) is 0 Å². The SMILES string of the molecule is CCc1cc(OC)cc(C)c1S(=O)(=O)N(C)CCOCC(=O)N(C)C1CCCN(C(=O)C2CNC2)C1. The van der Waals surface area contributed by atoms with E-state index < -0.39 is 10.0 Å². The topological polar surface area (TPSA) is 108 Å². The van der Waals surface area contributed by atoms with Crippen LogP contribution >= 0.6 is 0 Å². The van der Waals surface area contributed by atoms with Gasteiger partial charge in [-0.05, 0) is 49.4 Å². The largest absolute Gasteiger partial charge is 0.497 e. The smallest absolute Gasteiger partial charge is 0.248 e. The molecule has 0 radical (unpaired) electrons. The third-order valence-corrected chi connectivity index (χ3v) is 9.27. The number of aryl methyl sites for hydroxylation is 2. The first-order valence-electron chi connectivity index (χ1n) is 12.6. The Morgan fingerprint density at radius 3 is 2.56 bits per heavy atom. The predicted molar refractivity (Wildman–Crippen MR) is 136 cm³/mol. The number of nitrogens with zero attached hydrogens (tertiary/aromatic N) is 3. The molecule has 202 valence electrons. The maximum atomic E-state index is 13.3. The number of hydrogen-bond donors (Lipinski definition) is 1. The molecule has 0 aliphatic carbocycles. The first-order chi connectivity index (χ1) is 17.1. The van der Waals surface area contributed by atoms with Crippen LogP contribution in [0, 0.1) is 12.8 Å².